The molecule has 4 nitrogen and oxygen atoms in total. The second-order valence-corrected chi connectivity index (χ2v) is 6.69. The van der Waals surface area contributed by atoms with Crippen molar-refractivity contribution in [1.29, 1.82) is 0 Å². The molecule has 1 fully saturated rings. The number of aliphatic hydroxyl groups excluding tert-OH is 1. The normalized spacial score (nSPS) is 19.8. The minimum atomic E-state index is -3.44. The number of hydrogen-bond acceptors (Lipinski definition) is 4. The Morgan fingerprint density at radius 2 is 2.27 bits per heavy atom. The lowest BCUT2D eigenvalue weighted by Crippen LogP contribution is -2.55. The van der Waals surface area contributed by atoms with Crippen molar-refractivity contribution in [2.75, 3.05) is 6.61 Å². The maximum absolute atomic E-state index is 11.8. The first-order chi connectivity index (χ1) is 7.08. The Labute approximate surface area is 93.0 Å². The zero-order valence-corrected chi connectivity index (χ0v) is 9.77. The first-order valence-corrected chi connectivity index (χ1v) is 7.13. The Balaban J connectivity index is 2.18. The molecule has 1 aromatic rings. The van der Waals surface area contributed by atoms with Gasteiger partial charge in [0.2, 0.25) is 0 Å². The van der Waals surface area contributed by atoms with Crippen LogP contribution in [0.4, 0.5) is 0 Å². The van der Waals surface area contributed by atoms with Gasteiger partial charge < -0.3 is 5.11 Å². The Bertz CT molecular complexity index is 415. The second kappa shape index (κ2) is 3.86. The van der Waals surface area contributed by atoms with Crippen LogP contribution >= 0.6 is 11.3 Å². The second-order valence-electron chi connectivity index (χ2n) is 3.83. The zero-order valence-electron chi connectivity index (χ0n) is 8.14. The molecule has 1 heterocycles. The van der Waals surface area contributed by atoms with E-state index in [-0.39, 0.29) is 6.61 Å². The van der Waals surface area contributed by atoms with Gasteiger partial charge in [0.25, 0.3) is 10.0 Å². The van der Waals surface area contributed by atoms with Crippen molar-refractivity contribution >= 4 is 21.4 Å². The molecule has 0 atom stereocenters. The van der Waals surface area contributed by atoms with Crippen LogP contribution in [-0.4, -0.2) is 25.7 Å². The molecule has 1 saturated carbocycles. The molecule has 6 heteroatoms. The molecular weight excluding hydrogens is 234 g/mol. The average Bonchev–Trinajstić information content (AvgIpc) is 2.64. The molecule has 0 aliphatic heterocycles. The first-order valence-electron chi connectivity index (χ1n) is 4.76. The summed E-state index contributed by atoms with van der Waals surface area (Å²) in [6.45, 7) is -0.127. The highest BCUT2D eigenvalue weighted by atomic mass is 32.2. The van der Waals surface area contributed by atoms with Crippen molar-refractivity contribution in [2.45, 2.75) is 29.0 Å². The maximum Gasteiger partial charge on any atom is 0.250 e. The molecular formula is C9H13NO3S2. The SMILES string of the molecule is O=S(=O)(NC1(CO)CCC1)c1cccs1. The predicted molar refractivity (Wildman–Crippen MR) is 58.3 cm³/mol. The van der Waals surface area contributed by atoms with Crippen LogP contribution in [-0.2, 0) is 10.0 Å². The molecule has 84 valence electrons. The van der Waals surface area contributed by atoms with Gasteiger partial charge in [-0.1, -0.05) is 6.07 Å². The zero-order chi connectivity index (χ0) is 10.9. The van der Waals surface area contributed by atoms with Gasteiger partial charge in [0.05, 0.1) is 12.1 Å². The van der Waals surface area contributed by atoms with Crippen LogP contribution in [0.5, 0.6) is 0 Å². The monoisotopic (exact) mass is 247 g/mol. The van der Waals surface area contributed by atoms with Gasteiger partial charge >= 0.3 is 0 Å². The van der Waals surface area contributed by atoms with E-state index in [0.29, 0.717) is 17.1 Å². The molecule has 0 radical (unpaired) electrons. The topological polar surface area (TPSA) is 66.4 Å². The van der Waals surface area contributed by atoms with Gasteiger partial charge in [-0.15, -0.1) is 11.3 Å². The van der Waals surface area contributed by atoms with Crippen molar-refractivity contribution < 1.29 is 13.5 Å². The quantitative estimate of drug-likeness (QED) is 0.832. The smallest absolute Gasteiger partial charge is 0.250 e. The van der Waals surface area contributed by atoms with E-state index in [0.717, 1.165) is 6.42 Å². The Kier molecular flexibility index (Phi) is 2.85. The number of aliphatic hydroxyl groups is 1. The number of nitrogens with one attached hydrogen (secondary N) is 1. The van der Waals surface area contributed by atoms with E-state index >= 15 is 0 Å². The number of sulfonamides is 1. The molecule has 1 aromatic heterocycles. The molecule has 2 rings (SSSR count). The maximum atomic E-state index is 11.8. The third-order valence-electron chi connectivity index (χ3n) is 2.72. The summed E-state index contributed by atoms with van der Waals surface area (Å²) in [5.74, 6) is 0. The van der Waals surface area contributed by atoms with Crippen molar-refractivity contribution in [3.05, 3.63) is 17.5 Å². The van der Waals surface area contributed by atoms with E-state index in [1.165, 1.54) is 11.3 Å². The third-order valence-corrected chi connectivity index (χ3v) is 5.70. The summed E-state index contributed by atoms with van der Waals surface area (Å²) >= 11 is 1.18. The minimum absolute atomic E-state index is 0.127. The molecule has 1 aliphatic rings. The van der Waals surface area contributed by atoms with Crippen LogP contribution in [0.1, 0.15) is 19.3 Å². The standard InChI is InChI=1S/C9H13NO3S2/c11-7-9(4-2-5-9)10-15(12,13)8-3-1-6-14-8/h1,3,6,10-11H,2,4-5,7H2. The van der Waals surface area contributed by atoms with Crippen molar-refractivity contribution in [3.8, 4) is 0 Å². The molecule has 1 aliphatic carbocycles. The Hall–Kier alpha value is -0.430. The lowest BCUT2D eigenvalue weighted by Gasteiger charge is -2.40. The van der Waals surface area contributed by atoms with Crippen LogP contribution in [0.3, 0.4) is 0 Å². The van der Waals surface area contributed by atoms with Crippen molar-refractivity contribution in [1.82, 2.24) is 4.72 Å². The van der Waals surface area contributed by atoms with Crippen LogP contribution in [0.2, 0.25) is 0 Å². The Morgan fingerprint density at radius 1 is 1.53 bits per heavy atom. The highest BCUT2D eigenvalue weighted by molar-refractivity contribution is 7.91. The fourth-order valence-electron chi connectivity index (χ4n) is 1.65. The lowest BCUT2D eigenvalue weighted by molar-refractivity contribution is 0.111. The van der Waals surface area contributed by atoms with Gasteiger partial charge in [-0.25, -0.2) is 13.1 Å². The van der Waals surface area contributed by atoms with Gasteiger partial charge in [0.1, 0.15) is 4.21 Å². The van der Waals surface area contributed by atoms with Gasteiger partial charge in [-0.2, -0.15) is 0 Å². The highest BCUT2D eigenvalue weighted by Gasteiger charge is 2.40. The van der Waals surface area contributed by atoms with Crippen LogP contribution in [0, 0.1) is 0 Å². The van der Waals surface area contributed by atoms with Crippen LogP contribution in [0.25, 0.3) is 0 Å². The van der Waals surface area contributed by atoms with E-state index in [2.05, 4.69) is 4.72 Å². The molecule has 2 N–H and O–H groups in total. The molecule has 0 saturated heterocycles. The lowest BCUT2D eigenvalue weighted by atomic mass is 9.78. The molecule has 0 bridgehead atoms. The Morgan fingerprint density at radius 3 is 2.67 bits per heavy atom. The first kappa shape index (κ1) is 11.1. The van der Waals surface area contributed by atoms with Gasteiger partial charge in [-0.05, 0) is 30.7 Å². The van der Waals surface area contributed by atoms with Crippen molar-refractivity contribution in [3.63, 3.8) is 0 Å². The molecule has 0 amide bonds. The number of rotatable bonds is 4. The summed E-state index contributed by atoms with van der Waals surface area (Å²) in [6.07, 6.45) is 2.40. The van der Waals surface area contributed by atoms with Crippen molar-refractivity contribution in [2.24, 2.45) is 0 Å². The molecule has 0 unspecified atom stereocenters. The summed E-state index contributed by atoms with van der Waals surface area (Å²) < 4.78 is 26.6. The molecule has 0 spiro atoms. The van der Waals surface area contributed by atoms with E-state index in [1.54, 1.807) is 17.5 Å². The average molecular weight is 247 g/mol. The predicted octanol–water partition coefficient (Wildman–Crippen LogP) is 0.941. The van der Waals surface area contributed by atoms with E-state index < -0.39 is 15.6 Å². The fourth-order valence-corrected chi connectivity index (χ4v) is 4.09. The summed E-state index contributed by atoms with van der Waals surface area (Å²) in [5, 5.41) is 10.9. The van der Waals surface area contributed by atoms with Gasteiger partial charge in [-0.3, -0.25) is 0 Å². The largest absolute Gasteiger partial charge is 0.394 e. The summed E-state index contributed by atoms with van der Waals surface area (Å²) in [6, 6.07) is 3.27. The summed E-state index contributed by atoms with van der Waals surface area (Å²) in [7, 11) is -3.44. The van der Waals surface area contributed by atoms with Gasteiger partial charge in [0.15, 0.2) is 0 Å². The van der Waals surface area contributed by atoms with Crippen LogP contribution in [0.15, 0.2) is 21.7 Å². The highest BCUT2D eigenvalue weighted by Crippen LogP contribution is 2.33. The van der Waals surface area contributed by atoms with E-state index in [9.17, 15) is 13.5 Å². The van der Waals surface area contributed by atoms with Gasteiger partial charge in [0, 0.05) is 0 Å². The number of hydrogen-bond donors (Lipinski definition) is 2. The van der Waals surface area contributed by atoms with Crippen LogP contribution < -0.4 is 4.72 Å². The minimum Gasteiger partial charge on any atom is -0.394 e. The van der Waals surface area contributed by atoms with E-state index in [1.807, 2.05) is 0 Å². The molecule has 15 heavy (non-hydrogen) atoms. The van der Waals surface area contributed by atoms with E-state index in [4.69, 9.17) is 0 Å². The third kappa shape index (κ3) is 2.08. The summed E-state index contributed by atoms with van der Waals surface area (Å²) in [4.78, 5) is 0. The summed E-state index contributed by atoms with van der Waals surface area (Å²) in [5.41, 5.74) is -0.608. The number of thiophene rings is 1. The fraction of sp³-hybridized carbons (Fsp3) is 0.556. The molecule has 0 aromatic carbocycles.